The fourth-order valence-electron chi connectivity index (χ4n) is 6.30. The molecule has 1 saturated heterocycles. The number of hydrogen-bond acceptors (Lipinski definition) is 5. The summed E-state index contributed by atoms with van der Waals surface area (Å²) in [7, 11) is 1.39. The predicted octanol–water partition coefficient (Wildman–Crippen LogP) is 7.66. The largest absolute Gasteiger partial charge is 0.465 e. The minimum Gasteiger partial charge on any atom is -0.465 e. The van der Waals surface area contributed by atoms with Crippen LogP contribution in [0.3, 0.4) is 0 Å². The molecule has 6 nitrogen and oxygen atoms in total. The van der Waals surface area contributed by atoms with E-state index in [2.05, 4.69) is 33.1 Å². The first-order valence-corrected chi connectivity index (χ1v) is 13.8. The third-order valence-electron chi connectivity index (χ3n) is 8.21. The Kier molecular flexibility index (Phi) is 7.09. The van der Waals surface area contributed by atoms with Crippen molar-refractivity contribution in [3.8, 4) is 11.5 Å². The molecule has 3 heterocycles. The van der Waals surface area contributed by atoms with E-state index in [-0.39, 0.29) is 0 Å². The summed E-state index contributed by atoms with van der Waals surface area (Å²) in [6.45, 7) is 1.14. The summed E-state index contributed by atoms with van der Waals surface area (Å²) in [6.07, 6.45) is 10.4. The number of hydrogen-bond donors (Lipinski definition) is 1. The SMILES string of the molecule is COC(=O)c1ccc(C2CCC(N3CCCC3c3ccccc3Cl)CC2)cc1Oc1cnc2[nH]ccc2c1. The van der Waals surface area contributed by atoms with Crippen molar-refractivity contribution in [2.45, 2.75) is 56.5 Å². The Morgan fingerprint density at radius 1 is 1.05 bits per heavy atom. The first-order valence-electron chi connectivity index (χ1n) is 13.4. The van der Waals surface area contributed by atoms with Gasteiger partial charge < -0.3 is 14.5 Å². The average Bonchev–Trinajstić information content (AvgIpc) is 3.63. The van der Waals surface area contributed by atoms with Crippen LogP contribution in [0.1, 0.15) is 72.0 Å². The number of aromatic nitrogens is 2. The Balaban J connectivity index is 1.19. The van der Waals surface area contributed by atoms with Gasteiger partial charge in [0.1, 0.15) is 22.7 Å². The number of benzene rings is 2. The summed E-state index contributed by atoms with van der Waals surface area (Å²) in [6, 6.07) is 19.0. The third-order valence-corrected chi connectivity index (χ3v) is 8.55. The number of esters is 1. The first-order chi connectivity index (χ1) is 18.6. The van der Waals surface area contributed by atoms with Gasteiger partial charge in [-0.1, -0.05) is 35.9 Å². The van der Waals surface area contributed by atoms with Gasteiger partial charge >= 0.3 is 5.97 Å². The maximum atomic E-state index is 12.5. The number of rotatable bonds is 6. The van der Waals surface area contributed by atoms with Crippen LogP contribution in [-0.2, 0) is 4.74 Å². The van der Waals surface area contributed by atoms with Gasteiger partial charge in [-0.2, -0.15) is 0 Å². The summed E-state index contributed by atoms with van der Waals surface area (Å²) >= 11 is 6.58. The number of likely N-dealkylation sites (tertiary alicyclic amines) is 1. The summed E-state index contributed by atoms with van der Waals surface area (Å²) in [4.78, 5) is 22.7. The zero-order valence-electron chi connectivity index (χ0n) is 21.5. The van der Waals surface area contributed by atoms with Crippen molar-refractivity contribution < 1.29 is 14.3 Å². The van der Waals surface area contributed by atoms with Crippen LogP contribution in [0.4, 0.5) is 0 Å². The molecule has 2 fully saturated rings. The van der Waals surface area contributed by atoms with E-state index in [1.54, 1.807) is 6.20 Å². The van der Waals surface area contributed by atoms with Gasteiger partial charge in [-0.3, -0.25) is 4.90 Å². The highest BCUT2D eigenvalue weighted by Crippen LogP contribution is 2.43. The highest BCUT2D eigenvalue weighted by Gasteiger charge is 2.35. The van der Waals surface area contributed by atoms with Crippen molar-refractivity contribution in [1.29, 1.82) is 0 Å². The molecular formula is C31H32ClN3O3. The predicted molar refractivity (Wildman–Crippen MR) is 149 cm³/mol. The number of pyridine rings is 1. The highest BCUT2D eigenvalue weighted by atomic mass is 35.5. The van der Waals surface area contributed by atoms with Crippen LogP contribution in [-0.4, -0.2) is 40.5 Å². The van der Waals surface area contributed by atoms with Gasteiger partial charge in [0.05, 0.1) is 13.3 Å². The molecule has 1 unspecified atom stereocenters. The number of aromatic amines is 1. The second-order valence-electron chi connectivity index (χ2n) is 10.4. The van der Waals surface area contributed by atoms with E-state index in [1.807, 2.05) is 42.6 Å². The molecule has 1 atom stereocenters. The van der Waals surface area contributed by atoms with Crippen molar-refractivity contribution in [1.82, 2.24) is 14.9 Å². The molecule has 4 aromatic rings. The zero-order chi connectivity index (χ0) is 26.1. The Labute approximate surface area is 227 Å². The van der Waals surface area contributed by atoms with Crippen molar-refractivity contribution in [3.63, 3.8) is 0 Å². The molecule has 2 aromatic carbocycles. The van der Waals surface area contributed by atoms with E-state index in [9.17, 15) is 4.79 Å². The highest BCUT2D eigenvalue weighted by molar-refractivity contribution is 6.31. The number of nitrogens with one attached hydrogen (secondary N) is 1. The smallest absolute Gasteiger partial charge is 0.341 e. The van der Waals surface area contributed by atoms with Crippen LogP contribution in [0, 0.1) is 0 Å². The van der Waals surface area contributed by atoms with Gasteiger partial charge in [0.15, 0.2) is 0 Å². The molecular weight excluding hydrogens is 498 g/mol. The Morgan fingerprint density at radius 2 is 1.89 bits per heavy atom. The fourth-order valence-corrected chi connectivity index (χ4v) is 6.57. The molecule has 6 rings (SSSR count). The number of nitrogens with zero attached hydrogens (tertiary/aromatic N) is 2. The molecule has 2 aliphatic rings. The lowest BCUT2D eigenvalue weighted by Crippen LogP contribution is -2.37. The lowest BCUT2D eigenvalue weighted by Gasteiger charge is -2.38. The van der Waals surface area contributed by atoms with E-state index < -0.39 is 5.97 Å². The zero-order valence-corrected chi connectivity index (χ0v) is 22.3. The van der Waals surface area contributed by atoms with Gasteiger partial charge in [-0.15, -0.1) is 0 Å². The molecule has 0 amide bonds. The van der Waals surface area contributed by atoms with Crippen molar-refractivity contribution in [2.75, 3.05) is 13.7 Å². The van der Waals surface area contributed by atoms with Gasteiger partial charge in [0.2, 0.25) is 0 Å². The number of halogens is 1. The molecule has 7 heteroatoms. The lowest BCUT2D eigenvalue weighted by molar-refractivity contribution is 0.0598. The maximum absolute atomic E-state index is 12.5. The van der Waals surface area contributed by atoms with Gasteiger partial charge in [0, 0.05) is 28.7 Å². The van der Waals surface area contributed by atoms with Gasteiger partial charge in [-0.05, 0) is 92.4 Å². The Morgan fingerprint density at radius 3 is 2.71 bits per heavy atom. The number of carbonyl (C=O) groups excluding carboxylic acids is 1. The van der Waals surface area contributed by atoms with Gasteiger partial charge in [-0.25, -0.2) is 9.78 Å². The quantitative estimate of drug-likeness (QED) is 0.260. The number of H-pyrrole nitrogens is 1. The summed E-state index contributed by atoms with van der Waals surface area (Å²) in [5.74, 6) is 1.10. The maximum Gasteiger partial charge on any atom is 0.341 e. The standard InChI is InChI=1S/C31H32ClN3O3/c1-37-31(36)26-13-10-21(18-29(26)38-24-17-22-14-15-33-30(22)34-19-24)20-8-11-23(12-9-20)35-16-4-7-28(35)25-5-2-3-6-27(25)32/h2-3,5-6,10,13-15,17-20,23,28H,4,7-9,11-12,16H2,1H3,(H,33,34). The number of methoxy groups -OCH3 is 1. The molecule has 0 spiro atoms. The second kappa shape index (κ2) is 10.8. The fraction of sp³-hybridized carbons (Fsp3) is 0.355. The Hall–Kier alpha value is -3.35. The van der Waals surface area contributed by atoms with E-state index in [0.29, 0.717) is 35.1 Å². The molecule has 1 aliphatic carbocycles. The first kappa shape index (κ1) is 25.0. The molecule has 38 heavy (non-hydrogen) atoms. The van der Waals surface area contributed by atoms with E-state index in [0.717, 1.165) is 48.3 Å². The van der Waals surface area contributed by atoms with E-state index >= 15 is 0 Å². The molecule has 2 aromatic heterocycles. The molecule has 196 valence electrons. The van der Waals surface area contributed by atoms with Crippen LogP contribution in [0.15, 0.2) is 67.0 Å². The summed E-state index contributed by atoms with van der Waals surface area (Å²) in [5.41, 5.74) is 3.68. The summed E-state index contributed by atoms with van der Waals surface area (Å²) in [5, 5.41) is 1.83. The van der Waals surface area contributed by atoms with Crippen LogP contribution in [0.25, 0.3) is 11.0 Å². The van der Waals surface area contributed by atoms with E-state index in [1.165, 1.54) is 31.1 Å². The van der Waals surface area contributed by atoms with Crippen LogP contribution in [0.5, 0.6) is 11.5 Å². The van der Waals surface area contributed by atoms with Crippen molar-refractivity contribution >= 4 is 28.6 Å². The monoisotopic (exact) mass is 529 g/mol. The number of carbonyl (C=O) groups is 1. The number of fused-ring (bicyclic) bond motifs is 1. The number of ether oxygens (including phenoxy) is 2. The van der Waals surface area contributed by atoms with Crippen molar-refractivity contribution in [3.05, 3.63) is 88.7 Å². The van der Waals surface area contributed by atoms with E-state index in [4.69, 9.17) is 21.1 Å². The van der Waals surface area contributed by atoms with Crippen LogP contribution >= 0.6 is 11.6 Å². The molecule has 1 N–H and O–H groups in total. The second-order valence-corrected chi connectivity index (χ2v) is 10.8. The van der Waals surface area contributed by atoms with Crippen LogP contribution in [0.2, 0.25) is 5.02 Å². The summed E-state index contributed by atoms with van der Waals surface area (Å²) < 4.78 is 11.2. The normalized spacial score (nSPS) is 22.0. The van der Waals surface area contributed by atoms with Crippen molar-refractivity contribution in [2.24, 2.45) is 0 Å². The Bertz CT molecular complexity index is 1440. The molecule has 0 bridgehead atoms. The molecule has 1 saturated carbocycles. The molecule has 1 aliphatic heterocycles. The minimum atomic E-state index is -0.411. The third kappa shape index (κ3) is 4.91. The minimum absolute atomic E-state index is 0.411. The lowest BCUT2D eigenvalue weighted by atomic mass is 9.80. The topological polar surface area (TPSA) is 67.4 Å². The van der Waals surface area contributed by atoms with Gasteiger partial charge in [0.25, 0.3) is 0 Å². The average molecular weight is 530 g/mol. The molecule has 0 radical (unpaired) electrons. The van der Waals surface area contributed by atoms with Crippen LogP contribution < -0.4 is 4.74 Å².